The zero-order valence-electron chi connectivity index (χ0n) is 14.2. The number of aromatic nitrogens is 1. The zero-order valence-corrected chi connectivity index (χ0v) is 15.0. The molecule has 0 aliphatic heterocycles. The lowest BCUT2D eigenvalue weighted by atomic mass is 10.1. The summed E-state index contributed by atoms with van der Waals surface area (Å²) < 4.78 is 44.4. The summed E-state index contributed by atoms with van der Waals surface area (Å²) in [5.41, 5.74) is 0.243. The number of ether oxygens (including phenoxy) is 1. The van der Waals surface area contributed by atoms with Crippen LogP contribution >= 0.6 is 11.3 Å². The highest BCUT2D eigenvalue weighted by atomic mass is 32.1. The Morgan fingerprint density at radius 3 is 2.81 bits per heavy atom. The van der Waals surface area contributed by atoms with Crippen molar-refractivity contribution in [3.8, 4) is 5.75 Å². The van der Waals surface area contributed by atoms with Gasteiger partial charge in [0.2, 0.25) is 5.91 Å². The Kier molecular flexibility index (Phi) is 5.46. The van der Waals surface area contributed by atoms with E-state index in [4.69, 9.17) is 4.74 Å². The lowest BCUT2D eigenvalue weighted by Gasteiger charge is -2.06. The van der Waals surface area contributed by atoms with Gasteiger partial charge in [0.15, 0.2) is 5.13 Å². The summed E-state index contributed by atoms with van der Waals surface area (Å²) in [6.45, 7) is 2.44. The summed E-state index contributed by atoms with van der Waals surface area (Å²) in [4.78, 5) is 16.3. The molecule has 8 heteroatoms. The van der Waals surface area contributed by atoms with E-state index in [1.165, 1.54) is 35.6 Å². The molecule has 1 N–H and O–H groups in total. The predicted octanol–water partition coefficient (Wildman–Crippen LogP) is 5.37. The number of carbonyl (C=O) groups is 1. The first kappa shape index (κ1) is 18.9. The SMILES string of the molecule is CCOc1ccc2nc(NC(=O)C=Cc3cccc(C(F)(F)F)c3)sc2c1. The van der Waals surface area contributed by atoms with Gasteiger partial charge in [-0.25, -0.2) is 4.98 Å². The van der Waals surface area contributed by atoms with Gasteiger partial charge in [-0.2, -0.15) is 13.2 Å². The monoisotopic (exact) mass is 392 g/mol. The number of halogens is 3. The van der Waals surface area contributed by atoms with E-state index in [1.54, 1.807) is 12.1 Å². The first-order valence-corrected chi connectivity index (χ1v) is 8.86. The number of fused-ring (bicyclic) bond motifs is 1. The zero-order chi connectivity index (χ0) is 19.4. The second-order valence-corrected chi connectivity index (χ2v) is 6.56. The number of rotatable bonds is 5. The molecule has 0 saturated carbocycles. The molecule has 0 radical (unpaired) electrons. The van der Waals surface area contributed by atoms with Crippen LogP contribution in [-0.4, -0.2) is 17.5 Å². The van der Waals surface area contributed by atoms with Gasteiger partial charge in [0.05, 0.1) is 22.4 Å². The Labute approximate surface area is 157 Å². The van der Waals surface area contributed by atoms with E-state index < -0.39 is 17.6 Å². The van der Waals surface area contributed by atoms with Crippen molar-refractivity contribution >= 4 is 38.7 Å². The molecule has 0 fully saturated rings. The summed E-state index contributed by atoms with van der Waals surface area (Å²) in [5, 5.41) is 3.02. The Bertz CT molecular complexity index is 996. The Morgan fingerprint density at radius 2 is 2.07 bits per heavy atom. The number of nitrogens with one attached hydrogen (secondary N) is 1. The highest BCUT2D eigenvalue weighted by Gasteiger charge is 2.30. The van der Waals surface area contributed by atoms with E-state index in [2.05, 4.69) is 10.3 Å². The third-order valence-electron chi connectivity index (χ3n) is 3.54. The smallest absolute Gasteiger partial charge is 0.416 e. The van der Waals surface area contributed by atoms with Crippen molar-refractivity contribution in [2.75, 3.05) is 11.9 Å². The Hall–Kier alpha value is -2.87. The van der Waals surface area contributed by atoms with Crippen LogP contribution in [0.25, 0.3) is 16.3 Å². The van der Waals surface area contributed by atoms with Crippen LogP contribution in [0.4, 0.5) is 18.3 Å². The van der Waals surface area contributed by atoms with Crippen LogP contribution in [0, 0.1) is 0 Å². The summed E-state index contributed by atoms with van der Waals surface area (Å²) in [5.74, 6) is 0.243. The van der Waals surface area contributed by atoms with Gasteiger partial charge in [0.1, 0.15) is 5.75 Å². The summed E-state index contributed by atoms with van der Waals surface area (Å²) in [7, 11) is 0. The number of benzene rings is 2. The summed E-state index contributed by atoms with van der Waals surface area (Å²) >= 11 is 1.29. The molecule has 0 spiro atoms. The van der Waals surface area contributed by atoms with Gasteiger partial charge in [-0.05, 0) is 48.9 Å². The molecular weight excluding hydrogens is 377 g/mol. The van der Waals surface area contributed by atoms with Crippen molar-refractivity contribution in [1.82, 2.24) is 4.98 Å². The highest BCUT2D eigenvalue weighted by molar-refractivity contribution is 7.22. The van der Waals surface area contributed by atoms with Crippen LogP contribution in [-0.2, 0) is 11.0 Å². The fourth-order valence-corrected chi connectivity index (χ4v) is 3.25. The van der Waals surface area contributed by atoms with Gasteiger partial charge in [-0.3, -0.25) is 10.1 Å². The maximum absolute atomic E-state index is 12.7. The molecular formula is C19H15F3N2O2S. The molecule has 4 nitrogen and oxygen atoms in total. The number of anilines is 1. The minimum Gasteiger partial charge on any atom is -0.494 e. The normalized spacial score (nSPS) is 11.9. The van der Waals surface area contributed by atoms with Crippen LogP contribution in [0.5, 0.6) is 5.75 Å². The van der Waals surface area contributed by atoms with E-state index in [0.29, 0.717) is 11.7 Å². The molecule has 0 atom stereocenters. The lowest BCUT2D eigenvalue weighted by molar-refractivity contribution is -0.137. The second kappa shape index (κ2) is 7.79. The van der Waals surface area contributed by atoms with Crippen LogP contribution in [0.1, 0.15) is 18.1 Å². The van der Waals surface area contributed by atoms with Crippen molar-refractivity contribution in [2.24, 2.45) is 0 Å². The van der Waals surface area contributed by atoms with E-state index in [-0.39, 0.29) is 5.56 Å². The fourth-order valence-electron chi connectivity index (χ4n) is 2.35. The summed E-state index contributed by atoms with van der Waals surface area (Å²) in [6, 6.07) is 10.2. The maximum Gasteiger partial charge on any atom is 0.416 e. The predicted molar refractivity (Wildman–Crippen MR) is 99.9 cm³/mol. The van der Waals surface area contributed by atoms with Crippen molar-refractivity contribution < 1.29 is 22.7 Å². The van der Waals surface area contributed by atoms with Gasteiger partial charge in [0, 0.05) is 6.08 Å². The Morgan fingerprint density at radius 1 is 1.26 bits per heavy atom. The number of hydrogen-bond acceptors (Lipinski definition) is 4. The molecule has 2 aromatic carbocycles. The van der Waals surface area contributed by atoms with E-state index >= 15 is 0 Å². The summed E-state index contributed by atoms with van der Waals surface area (Å²) in [6.07, 6.45) is -1.92. The minimum absolute atomic E-state index is 0.283. The standard InChI is InChI=1S/C19H15F3N2O2S/c1-2-26-14-7-8-15-16(11-14)27-18(23-15)24-17(25)9-6-12-4-3-5-13(10-12)19(20,21)22/h3-11H,2H2,1H3,(H,23,24,25). The molecule has 3 aromatic rings. The first-order valence-electron chi connectivity index (χ1n) is 8.05. The largest absolute Gasteiger partial charge is 0.494 e. The van der Waals surface area contributed by atoms with Gasteiger partial charge in [-0.15, -0.1) is 0 Å². The van der Waals surface area contributed by atoms with Gasteiger partial charge in [0.25, 0.3) is 0 Å². The third kappa shape index (κ3) is 4.85. The van der Waals surface area contributed by atoms with Crippen molar-refractivity contribution in [3.63, 3.8) is 0 Å². The molecule has 1 aromatic heterocycles. The third-order valence-corrected chi connectivity index (χ3v) is 4.48. The molecule has 0 saturated heterocycles. The number of thiazole rings is 1. The molecule has 0 bridgehead atoms. The van der Waals surface area contributed by atoms with Crippen LogP contribution in [0.15, 0.2) is 48.5 Å². The van der Waals surface area contributed by atoms with E-state index in [1.807, 2.05) is 13.0 Å². The number of nitrogens with zero attached hydrogens (tertiary/aromatic N) is 1. The number of alkyl halides is 3. The number of hydrogen-bond donors (Lipinski definition) is 1. The van der Waals surface area contributed by atoms with Gasteiger partial charge in [-0.1, -0.05) is 23.5 Å². The number of amides is 1. The molecule has 0 aliphatic carbocycles. The second-order valence-electron chi connectivity index (χ2n) is 5.53. The first-order chi connectivity index (χ1) is 12.8. The minimum atomic E-state index is -4.42. The fraction of sp³-hybridized carbons (Fsp3) is 0.158. The molecule has 1 heterocycles. The maximum atomic E-state index is 12.7. The molecule has 1 amide bonds. The Balaban J connectivity index is 1.70. The average molecular weight is 392 g/mol. The van der Waals surface area contributed by atoms with Crippen LogP contribution in [0.3, 0.4) is 0 Å². The van der Waals surface area contributed by atoms with Gasteiger partial charge < -0.3 is 4.74 Å². The molecule has 27 heavy (non-hydrogen) atoms. The quantitative estimate of drug-likeness (QED) is 0.594. The topological polar surface area (TPSA) is 51.2 Å². The van der Waals surface area contributed by atoms with Crippen molar-refractivity contribution in [1.29, 1.82) is 0 Å². The highest BCUT2D eigenvalue weighted by Crippen LogP contribution is 2.30. The van der Waals surface area contributed by atoms with Crippen molar-refractivity contribution in [2.45, 2.75) is 13.1 Å². The average Bonchev–Trinajstić information content (AvgIpc) is 3.01. The van der Waals surface area contributed by atoms with Gasteiger partial charge >= 0.3 is 6.18 Å². The van der Waals surface area contributed by atoms with E-state index in [0.717, 1.165) is 28.1 Å². The van der Waals surface area contributed by atoms with Crippen LogP contribution < -0.4 is 10.1 Å². The molecule has 0 unspecified atom stereocenters. The molecule has 0 aliphatic rings. The van der Waals surface area contributed by atoms with Crippen LogP contribution in [0.2, 0.25) is 0 Å². The molecule has 3 rings (SSSR count). The lowest BCUT2D eigenvalue weighted by Crippen LogP contribution is -2.07. The van der Waals surface area contributed by atoms with Crippen molar-refractivity contribution in [3.05, 3.63) is 59.7 Å². The van der Waals surface area contributed by atoms with E-state index in [9.17, 15) is 18.0 Å². The number of carbonyl (C=O) groups excluding carboxylic acids is 1. The molecule has 140 valence electrons.